The van der Waals surface area contributed by atoms with Crippen LogP contribution in [0.4, 0.5) is 0 Å². The minimum Gasteiger partial charge on any atom is -0.481 e. The molecule has 0 aromatic rings. The highest BCUT2D eigenvalue weighted by Gasteiger charge is 2.25. The van der Waals surface area contributed by atoms with Crippen LogP contribution in [0.25, 0.3) is 0 Å². The van der Waals surface area contributed by atoms with Crippen molar-refractivity contribution in [3.63, 3.8) is 0 Å². The van der Waals surface area contributed by atoms with Gasteiger partial charge in [-0.15, -0.1) is 0 Å². The summed E-state index contributed by atoms with van der Waals surface area (Å²) in [7, 11) is 0. The minimum atomic E-state index is -0.667. The van der Waals surface area contributed by atoms with Crippen LogP contribution in [0, 0.1) is 5.92 Å². The molecule has 3 N–H and O–H groups in total. The predicted molar refractivity (Wildman–Crippen MR) is 55.1 cm³/mol. The van der Waals surface area contributed by atoms with E-state index in [1.807, 2.05) is 0 Å². The highest BCUT2D eigenvalue weighted by Crippen LogP contribution is 2.16. The standard InChI is InChI=1S/C10H20N2O2/c1-2-9(11)7-12-5-3-4-8(6-12)10(13)14/h8-9H,2-7,11H2,1H3,(H,13,14). The maximum absolute atomic E-state index is 10.8. The van der Waals surface area contributed by atoms with Crippen molar-refractivity contribution in [3.8, 4) is 0 Å². The lowest BCUT2D eigenvalue weighted by Crippen LogP contribution is -2.44. The summed E-state index contributed by atoms with van der Waals surface area (Å²) >= 11 is 0. The SMILES string of the molecule is CCC(N)CN1CCCC(C(=O)O)C1. The number of hydrogen-bond acceptors (Lipinski definition) is 3. The van der Waals surface area contributed by atoms with E-state index in [1.165, 1.54) is 0 Å². The van der Waals surface area contributed by atoms with Gasteiger partial charge in [0.05, 0.1) is 5.92 Å². The van der Waals surface area contributed by atoms with E-state index in [1.54, 1.807) is 0 Å². The summed E-state index contributed by atoms with van der Waals surface area (Å²) in [6, 6.07) is 0.183. The van der Waals surface area contributed by atoms with Crippen LogP contribution >= 0.6 is 0 Å². The van der Waals surface area contributed by atoms with Crippen LogP contribution in [0.1, 0.15) is 26.2 Å². The van der Waals surface area contributed by atoms with Gasteiger partial charge in [-0.2, -0.15) is 0 Å². The lowest BCUT2D eigenvalue weighted by atomic mass is 9.98. The van der Waals surface area contributed by atoms with Crippen LogP contribution < -0.4 is 5.73 Å². The van der Waals surface area contributed by atoms with Gasteiger partial charge in [0.25, 0.3) is 0 Å². The van der Waals surface area contributed by atoms with E-state index in [0.717, 1.165) is 32.4 Å². The smallest absolute Gasteiger partial charge is 0.307 e. The summed E-state index contributed by atoms with van der Waals surface area (Å²) in [5.41, 5.74) is 5.84. The fourth-order valence-electron chi connectivity index (χ4n) is 1.88. The zero-order valence-electron chi connectivity index (χ0n) is 8.78. The summed E-state index contributed by atoms with van der Waals surface area (Å²) in [6.07, 6.45) is 2.74. The van der Waals surface area contributed by atoms with Crippen LogP contribution in [-0.4, -0.2) is 41.7 Å². The van der Waals surface area contributed by atoms with Gasteiger partial charge in [-0.05, 0) is 25.8 Å². The molecule has 4 heteroatoms. The van der Waals surface area contributed by atoms with Gasteiger partial charge in [-0.25, -0.2) is 0 Å². The number of nitrogens with two attached hydrogens (primary N) is 1. The average Bonchev–Trinajstić information content (AvgIpc) is 2.18. The molecule has 2 unspecified atom stereocenters. The number of carboxylic acid groups (broad SMARTS) is 1. The number of likely N-dealkylation sites (tertiary alicyclic amines) is 1. The van der Waals surface area contributed by atoms with E-state index in [4.69, 9.17) is 10.8 Å². The zero-order valence-corrected chi connectivity index (χ0v) is 8.78. The molecule has 0 aromatic carbocycles. The Morgan fingerprint density at radius 1 is 1.71 bits per heavy atom. The van der Waals surface area contributed by atoms with E-state index < -0.39 is 5.97 Å². The van der Waals surface area contributed by atoms with Gasteiger partial charge in [0.15, 0.2) is 0 Å². The number of nitrogens with zero attached hydrogens (tertiary/aromatic N) is 1. The van der Waals surface area contributed by atoms with Gasteiger partial charge in [0.1, 0.15) is 0 Å². The van der Waals surface area contributed by atoms with Crippen molar-refractivity contribution in [2.24, 2.45) is 11.7 Å². The molecule has 0 aromatic heterocycles. The van der Waals surface area contributed by atoms with Crippen molar-refractivity contribution in [1.82, 2.24) is 4.90 Å². The number of carboxylic acids is 1. The molecule has 1 aliphatic heterocycles. The number of piperidine rings is 1. The van der Waals surface area contributed by atoms with Crippen LogP contribution in [0.3, 0.4) is 0 Å². The third-order valence-corrected chi connectivity index (χ3v) is 2.87. The number of hydrogen-bond donors (Lipinski definition) is 2. The van der Waals surface area contributed by atoms with Crippen molar-refractivity contribution in [2.75, 3.05) is 19.6 Å². The Morgan fingerprint density at radius 3 is 3.00 bits per heavy atom. The Morgan fingerprint density at radius 2 is 2.43 bits per heavy atom. The molecule has 1 rings (SSSR count). The molecule has 0 bridgehead atoms. The fourth-order valence-corrected chi connectivity index (χ4v) is 1.88. The number of carbonyl (C=O) groups is 1. The van der Waals surface area contributed by atoms with E-state index in [0.29, 0.717) is 6.54 Å². The van der Waals surface area contributed by atoms with Crippen molar-refractivity contribution < 1.29 is 9.90 Å². The zero-order chi connectivity index (χ0) is 10.6. The molecule has 1 saturated heterocycles. The molecular weight excluding hydrogens is 180 g/mol. The van der Waals surface area contributed by atoms with Crippen molar-refractivity contribution in [2.45, 2.75) is 32.2 Å². The number of aliphatic carboxylic acids is 1. The summed E-state index contributed by atoms with van der Waals surface area (Å²) in [4.78, 5) is 13.0. The van der Waals surface area contributed by atoms with Crippen LogP contribution in [-0.2, 0) is 4.79 Å². The molecule has 1 aliphatic rings. The Balaban J connectivity index is 2.36. The lowest BCUT2D eigenvalue weighted by molar-refractivity contribution is -0.143. The molecule has 0 saturated carbocycles. The van der Waals surface area contributed by atoms with Gasteiger partial charge in [0, 0.05) is 19.1 Å². The first-order valence-electron chi connectivity index (χ1n) is 5.34. The summed E-state index contributed by atoms with van der Waals surface area (Å²) < 4.78 is 0. The van der Waals surface area contributed by atoms with E-state index in [2.05, 4.69) is 11.8 Å². The molecule has 0 spiro atoms. The number of rotatable bonds is 4. The lowest BCUT2D eigenvalue weighted by Gasteiger charge is -2.32. The maximum atomic E-state index is 10.8. The Kier molecular flexibility index (Phi) is 4.35. The van der Waals surface area contributed by atoms with Crippen LogP contribution in [0.2, 0.25) is 0 Å². The molecule has 0 radical (unpaired) electrons. The fraction of sp³-hybridized carbons (Fsp3) is 0.900. The van der Waals surface area contributed by atoms with E-state index in [9.17, 15) is 4.79 Å². The summed E-state index contributed by atoms with van der Waals surface area (Å²) in [5.74, 6) is -0.854. The maximum Gasteiger partial charge on any atom is 0.307 e. The molecule has 82 valence electrons. The largest absolute Gasteiger partial charge is 0.481 e. The van der Waals surface area contributed by atoms with E-state index in [-0.39, 0.29) is 12.0 Å². The predicted octanol–water partition coefficient (Wildman–Crippen LogP) is 0.520. The van der Waals surface area contributed by atoms with Crippen molar-refractivity contribution in [3.05, 3.63) is 0 Å². The van der Waals surface area contributed by atoms with Crippen molar-refractivity contribution in [1.29, 1.82) is 0 Å². The molecule has 0 aliphatic carbocycles. The molecular formula is C10H20N2O2. The minimum absolute atomic E-state index is 0.183. The Bertz CT molecular complexity index is 197. The normalized spacial score (nSPS) is 26.0. The summed E-state index contributed by atoms with van der Waals surface area (Å²) in [6.45, 7) is 4.56. The molecule has 14 heavy (non-hydrogen) atoms. The third-order valence-electron chi connectivity index (χ3n) is 2.87. The van der Waals surface area contributed by atoms with Crippen molar-refractivity contribution >= 4 is 5.97 Å². The first-order valence-corrected chi connectivity index (χ1v) is 5.34. The van der Waals surface area contributed by atoms with Crippen LogP contribution in [0.5, 0.6) is 0 Å². The molecule has 1 heterocycles. The highest BCUT2D eigenvalue weighted by molar-refractivity contribution is 5.70. The second-order valence-electron chi connectivity index (χ2n) is 4.11. The van der Waals surface area contributed by atoms with Gasteiger partial charge in [-0.3, -0.25) is 4.79 Å². The summed E-state index contributed by atoms with van der Waals surface area (Å²) in [5, 5.41) is 8.89. The van der Waals surface area contributed by atoms with Gasteiger partial charge in [0.2, 0.25) is 0 Å². The highest BCUT2D eigenvalue weighted by atomic mass is 16.4. The second kappa shape index (κ2) is 5.32. The topological polar surface area (TPSA) is 66.6 Å². The monoisotopic (exact) mass is 200 g/mol. The first kappa shape index (κ1) is 11.5. The Hall–Kier alpha value is -0.610. The van der Waals surface area contributed by atoms with E-state index >= 15 is 0 Å². The van der Waals surface area contributed by atoms with Gasteiger partial charge < -0.3 is 15.7 Å². The third kappa shape index (κ3) is 3.27. The first-order chi connectivity index (χ1) is 6.63. The quantitative estimate of drug-likeness (QED) is 0.694. The van der Waals surface area contributed by atoms with Gasteiger partial charge in [-0.1, -0.05) is 6.92 Å². The Labute approximate surface area is 85.1 Å². The molecule has 0 amide bonds. The second-order valence-corrected chi connectivity index (χ2v) is 4.11. The van der Waals surface area contributed by atoms with Gasteiger partial charge >= 0.3 is 5.97 Å². The molecule has 4 nitrogen and oxygen atoms in total. The van der Waals surface area contributed by atoms with Crippen LogP contribution in [0.15, 0.2) is 0 Å². The average molecular weight is 200 g/mol. The molecule has 2 atom stereocenters. The molecule has 1 fully saturated rings.